The molecule has 0 spiro atoms. The molecule has 0 radical (unpaired) electrons. The van der Waals surface area contributed by atoms with Crippen molar-refractivity contribution >= 4 is 5.69 Å². The van der Waals surface area contributed by atoms with Crippen LogP contribution in [0.15, 0.2) is 48.5 Å². The third kappa shape index (κ3) is 3.39. The number of quaternary nitrogens is 1. The summed E-state index contributed by atoms with van der Waals surface area (Å²) in [6.07, 6.45) is 0. The van der Waals surface area contributed by atoms with Gasteiger partial charge in [-0.2, -0.15) is 0 Å². The maximum absolute atomic E-state index is 13.0. The molecule has 2 aromatic rings. The van der Waals surface area contributed by atoms with Crippen LogP contribution in [0.25, 0.3) is 0 Å². The van der Waals surface area contributed by atoms with Crippen molar-refractivity contribution in [1.29, 1.82) is 0 Å². The van der Waals surface area contributed by atoms with Gasteiger partial charge in [0, 0.05) is 11.3 Å². The molecule has 1 saturated heterocycles. The molecule has 0 unspecified atom stereocenters. The molecule has 1 aliphatic heterocycles. The average Bonchev–Trinajstić information content (AvgIpc) is 2.57. The molecular weight excluding hydrogens is 279 g/mol. The van der Waals surface area contributed by atoms with Gasteiger partial charge in [-0.3, -0.25) is 0 Å². The molecule has 22 heavy (non-hydrogen) atoms. The van der Waals surface area contributed by atoms with Gasteiger partial charge in [-0.05, 0) is 36.4 Å². The molecule has 0 atom stereocenters. The summed E-state index contributed by atoms with van der Waals surface area (Å²) in [5.41, 5.74) is 2.37. The molecule has 1 heterocycles. The fourth-order valence-electron chi connectivity index (χ4n) is 3.03. The minimum Gasteiger partial charge on any atom is -0.496 e. The molecule has 3 nitrogen and oxygen atoms in total. The second-order valence-electron chi connectivity index (χ2n) is 5.70. The van der Waals surface area contributed by atoms with Gasteiger partial charge in [-0.15, -0.1) is 0 Å². The zero-order chi connectivity index (χ0) is 15.4. The van der Waals surface area contributed by atoms with Gasteiger partial charge in [-0.1, -0.05) is 12.1 Å². The predicted molar refractivity (Wildman–Crippen MR) is 86.0 cm³/mol. The van der Waals surface area contributed by atoms with Gasteiger partial charge in [0.25, 0.3) is 0 Å². The summed E-state index contributed by atoms with van der Waals surface area (Å²) in [7, 11) is 1.72. The Kier molecular flexibility index (Phi) is 4.59. The van der Waals surface area contributed by atoms with E-state index in [0.29, 0.717) is 0 Å². The van der Waals surface area contributed by atoms with Gasteiger partial charge in [-0.25, -0.2) is 4.39 Å². The lowest BCUT2D eigenvalue weighted by molar-refractivity contribution is -0.914. The largest absolute Gasteiger partial charge is 0.496 e. The molecule has 2 aromatic carbocycles. The molecule has 4 heteroatoms. The van der Waals surface area contributed by atoms with Gasteiger partial charge in [0.15, 0.2) is 0 Å². The van der Waals surface area contributed by atoms with Crippen LogP contribution in [0.5, 0.6) is 5.75 Å². The minimum atomic E-state index is -0.177. The highest BCUT2D eigenvalue weighted by Crippen LogP contribution is 2.17. The summed E-state index contributed by atoms with van der Waals surface area (Å²) in [5.74, 6) is 0.792. The number of halogens is 1. The Hall–Kier alpha value is -2.07. The van der Waals surface area contributed by atoms with Crippen molar-refractivity contribution in [2.45, 2.75) is 6.54 Å². The van der Waals surface area contributed by atoms with Crippen molar-refractivity contribution in [1.82, 2.24) is 0 Å². The lowest BCUT2D eigenvalue weighted by Gasteiger charge is -2.33. The van der Waals surface area contributed by atoms with E-state index in [1.165, 1.54) is 17.7 Å². The molecule has 0 saturated carbocycles. The van der Waals surface area contributed by atoms with E-state index in [1.54, 1.807) is 12.0 Å². The number of para-hydroxylation sites is 1. The molecule has 1 fully saturated rings. The summed E-state index contributed by atoms with van der Waals surface area (Å²) < 4.78 is 18.4. The molecule has 1 N–H and O–H groups in total. The van der Waals surface area contributed by atoms with E-state index in [2.05, 4.69) is 17.0 Å². The topological polar surface area (TPSA) is 16.9 Å². The Balaban J connectivity index is 1.59. The first kappa shape index (κ1) is 14.9. The quantitative estimate of drug-likeness (QED) is 0.926. The fourth-order valence-corrected chi connectivity index (χ4v) is 3.03. The highest BCUT2D eigenvalue weighted by atomic mass is 19.1. The number of benzene rings is 2. The maximum Gasteiger partial charge on any atom is 0.127 e. The summed E-state index contributed by atoms with van der Waals surface area (Å²) in [5, 5.41) is 0. The molecule has 1 aliphatic rings. The van der Waals surface area contributed by atoms with E-state index in [-0.39, 0.29) is 5.82 Å². The smallest absolute Gasteiger partial charge is 0.127 e. The fraction of sp³-hybridized carbons (Fsp3) is 0.333. The summed E-state index contributed by atoms with van der Waals surface area (Å²) in [6.45, 7) is 5.14. The van der Waals surface area contributed by atoms with Gasteiger partial charge in [0.1, 0.15) is 18.1 Å². The lowest BCUT2D eigenvalue weighted by Crippen LogP contribution is -3.13. The van der Waals surface area contributed by atoms with Crippen LogP contribution in [0.1, 0.15) is 5.56 Å². The van der Waals surface area contributed by atoms with Crippen LogP contribution in [0, 0.1) is 5.82 Å². The van der Waals surface area contributed by atoms with Crippen LogP contribution < -0.4 is 14.5 Å². The Morgan fingerprint density at radius 2 is 1.73 bits per heavy atom. The number of piperazine rings is 1. The average molecular weight is 301 g/mol. The maximum atomic E-state index is 13.0. The number of methoxy groups -OCH3 is 1. The van der Waals surface area contributed by atoms with Crippen molar-refractivity contribution in [3.05, 3.63) is 59.9 Å². The van der Waals surface area contributed by atoms with Gasteiger partial charge >= 0.3 is 0 Å². The van der Waals surface area contributed by atoms with Crippen LogP contribution >= 0.6 is 0 Å². The predicted octanol–water partition coefficient (Wildman–Crippen LogP) is 1.74. The van der Waals surface area contributed by atoms with Crippen LogP contribution in [-0.2, 0) is 6.54 Å². The number of rotatable bonds is 4. The monoisotopic (exact) mass is 301 g/mol. The Bertz CT molecular complexity index is 607. The van der Waals surface area contributed by atoms with Crippen molar-refractivity contribution < 1.29 is 14.0 Å². The number of hydrogen-bond acceptors (Lipinski definition) is 2. The van der Waals surface area contributed by atoms with E-state index in [4.69, 9.17) is 4.74 Å². The number of anilines is 1. The first-order valence-corrected chi connectivity index (χ1v) is 7.72. The Morgan fingerprint density at radius 3 is 2.41 bits per heavy atom. The van der Waals surface area contributed by atoms with Crippen molar-refractivity contribution in [2.24, 2.45) is 0 Å². The van der Waals surface area contributed by atoms with Crippen molar-refractivity contribution in [3.63, 3.8) is 0 Å². The van der Waals surface area contributed by atoms with Gasteiger partial charge in [0.05, 0.1) is 33.3 Å². The number of nitrogens with one attached hydrogen (secondary N) is 1. The minimum absolute atomic E-state index is 0.177. The summed E-state index contributed by atoms with van der Waals surface area (Å²) >= 11 is 0. The number of ether oxygens (including phenoxy) is 1. The third-order valence-electron chi connectivity index (χ3n) is 4.30. The third-order valence-corrected chi connectivity index (χ3v) is 4.30. The zero-order valence-corrected chi connectivity index (χ0v) is 12.9. The van der Waals surface area contributed by atoms with E-state index in [9.17, 15) is 4.39 Å². The first-order chi connectivity index (χ1) is 10.8. The molecule has 0 aliphatic carbocycles. The van der Waals surface area contributed by atoms with Crippen LogP contribution in [-0.4, -0.2) is 33.3 Å². The van der Waals surface area contributed by atoms with E-state index >= 15 is 0 Å². The van der Waals surface area contributed by atoms with Crippen LogP contribution in [0.3, 0.4) is 0 Å². The van der Waals surface area contributed by atoms with Crippen molar-refractivity contribution in [3.8, 4) is 5.75 Å². The van der Waals surface area contributed by atoms with Gasteiger partial charge < -0.3 is 14.5 Å². The van der Waals surface area contributed by atoms with E-state index < -0.39 is 0 Å². The highest BCUT2D eigenvalue weighted by molar-refractivity contribution is 5.46. The molecule has 3 rings (SSSR count). The Morgan fingerprint density at radius 1 is 1.05 bits per heavy atom. The second-order valence-corrected chi connectivity index (χ2v) is 5.70. The van der Waals surface area contributed by atoms with Crippen LogP contribution in [0.2, 0.25) is 0 Å². The highest BCUT2D eigenvalue weighted by Gasteiger charge is 2.21. The van der Waals surface area contributed by atoms with Gasteiger partial charge in [0.2, 0.25) is 0 Å². The second kappa shape index (κ2) is 6.79. The molecule has 0 amide bonds. The SMILES string of the molecule is COc1ccccc1C[NH+]1CCN(c2ccc(F)cc2)CC1. The van der Waals surface area contributed by atoms with E-state index in [1.807, 2.05) is 24.3 Å². The molecule has 0 bridgehead atoms. The zero-order valence-electron chi connectivity index (χ0n) is 12.9. The molecule has 116 valence electrons. The number of nitrogens with zero attached hydrogens (tertiary/aromatic N) is 1. The summed E-state index contributed by atoms with van der Waals surface area (Å²) in [4.78, 5) is 3.88. The first-order valence-electron chi connectivity index (χ1n) is 7.72. The Labute approximate surface area is 130 Å². The standard InChI is InChI=1S/C18H21FN2O/c1-22-18-5-3-2-4-15(18)14-20-10-12-21(13-11-20)17-8-6-16(19)7-9-17/h2-9H,10-14H2,1H3/p+1. The van der Waals surface area contributed by atoms with E-state index in [0.717, 1.165) is 44.2 Å². The molecule has 0 aromatic heterocycles. The normalized spacial score (nSPS) is 15.8. The lowest BCUT2D eigenvalue weighted by atomic mass is 10.1. The summed E-state index contributed by atoms with van der Waals surface area (Å²) in [6, 6.07) is 15.0. The number of hydrogen-bond donors (Lipinski definition) is 1. The molecular formula is C18H22FN2O+. The van der Waals surface area contributed by atoms with Crippen molar-refractivity contribution in [2.75, 3.05) is 38.2 Å². The van der Waals surface area contributed by atoms with Crippen LogP contribution in [0.4, 0.5) is 10.1 Å².